The average Bonchev–Trinajstić information content (AvgIpc) is 3.33. The second kappa shape index (κ2) is 7.56. The van der Waals surface area contributed by atoms with Gasteiger partial charge in [-0.15, -0.1) is 0 Å². The Bertz CT molecular complexity index is 541. The van der Waals surface area contributed by atoms with E-state index >= 15 is 0 Å². The zero-order valence-electron chi connectivity index (χ0n) is 15.2. The highest BCUT2D eigenvalue weighted by molar-refractivity contribution is 5.76. The lowest BCUT2D eigenvalue weighted by Crippen LogP contribution is -2.36. The number of likely N-dealkylation sites (N-methyl/N-ethyl adjacent to an activating group) is 1. The van der Waals surface area contributed by atoms with Crippen molar-refractivity contribution < 1.29 is 9.53 Å². The van der Waals surface area contributed by atoms with Crippen LogP contribution in [-0.2, 0) is 11.2 Å². The molecule has 2 atom stereocenters. The Morgan fingerprint density at radius 1 is 1.21 bits per heavy atom. The van der Waals surface area contributed by atoms with Crippen molar-refractivity contribution >= 4 is 5.91 Å². The number of nitrogens with zero attached hydrogens (tertiary/aromatic N) is 2. The molecule has 1 aliphatic heterocycles. The summed E-state index contributed by atoms with van der Waals surface area (Å²) in [5.41, 5.74) is 1.27. The summed E-state index contributed by atoms with van der Waals surface area (Å²) in [6.07, 6.45) is 5.24. The van der Waals surface area contributed by atoms with Gasteiger partial charge < -0.3 is 14.5 Å². The van der Waals surface area contributed by atoms with Gasteiger partial charge in [0, 0.05) is 25.6 Å². The number of rotatable bonds is 7. The smallest absolute Gasteiger partial charge is 0.222 e. The van der Waals surface area contributed by atoms with Crippen LogP contribution in [0.2, 0.25) is 0 Å². The molecule has 1 saturated carbocycles. The molecule has 2 aliphatic rings. The van der Waals surface area contributed by atoms with Crippen LogP contribution in [0.4, 0.5) is 0 Å². The largest absolute Gasteiger partial charge is 0.497 e. The highest BCUT2D eigenvalue weighted by atomic mass is 16.5. The normalized spacial score (nSPS) is 23.8. The molecular formula is C20H30N2O2. The van der Waals surface area contributed by atoms with E-state index in [-0.39, 0.29) is 0 Å². The van der Waals surface area contributed by atoms with Crippen LogP contribution in [-0.4, -0.2) is 56.0 Å². The van der Waals surface area contributed by atoms with Crippen molar-refractivity contribution in [3.63, 3.8) is 0 Å². The number of carbonyl (C=O) groups is 1. The maximum atomic E-state index is 12.6. The van der Waals surface area contributed by atoms with Gasteiger partial charge in [0.1, 0.15) is 5.75 Å². The van der Waals surface area contributed by atoms with Gasteiger partial charge in [0.2, 0.25) is 5.91 Å². The number of benzene rings is 1. The van der Waals surface area contributed by atoms with Crippen molar-refractivity contribution in [2.45, 2.75) is 38.1 Å². The molecule has 1 aliphatic carbocycles. The highest BCUT2D eigenvalue weighted by Crippen LogP contribution is 2.42. The molecule has 4 nitrogen and oxygen atoms in total. The maximum Gasteiger partial charge on any atom is 0.222 e. The number of amides is 1. The first kappa shape index (κ1) is 17.3. The lowest BCUT2D eigenvalue weighted by molar-refractivity contribution is -0.130. The van der Waals surface area contributed by atoms with E-state index in [0.717, 1.165) is 37.6 Å². The first-order chi connectivity index (χ1) is 11.6. The quantitative estimate of drug-likeness (QED) is 0.771. The Hall–Kier alpha value is -1.55. The number of methoxy groups -OCH3 is 1. The molecule has 24 heavy (non-hydrogen) atoms. The molecule has 1 aromatic carbocycles. The Morgan fingerprint density at radius 3 is 2.50 bits per heavy atom. The maximum absolute atomic E-state index is 12.6. The zero-order valence-corrected chi connectivity index (χ0v) is 15.2. The fraction of sp³-hybridized carbons (Fsp3) is 0.650. The second-order valence-electron chi connectivity index (χ2n) is 7.53. The van der Waals surface area contributed by atoms with Crippen molar-refractivity contribution in [3.05, 3.63) is 29.8 Å². The van der Waals surface area contributed by atoms with E-state index in [1.165, 1.54) is 18.4 Å². The third-order valence-corrected chi connectivity index (χ3v) is 5.59. The zero-order chi connectivity index (χ0) is 17.1. The summed E-state index contributed by atoms with van der Waals surface area (Å²) in [5, 5.41) is 0. The van der Waals surface area contributed by atoms with E-state index in [9.17, 15) is 4.79 Å². The predicted molar refractivity (Wildman–Crippen MR) is 96.2 cm³/mol. The topological polar surface area (TPSA) is 32.8 Å². The van der Waals surface area contributed by atoms with Crippen LogP contribution in [0.3, 0.4) is 0 Å². The van der Waals surface area contributed by atoms with Crippen molar-refractivity contribution in [2.75, 3.05) is 34.3 Å². The van der Waals surface area contributed by atoms with Gasteiger partial charge in [-0.1, -0.05) is 12.1 Å². The van der Waals surface area contributed by atoms with Crippen molar-refractivity contribution in [1.29, 1.82) is 0 Å². The van der Waals surface area contributed by atoms with Gasteiger partial charge in [0.25, 0.3) is 0 Å². The van der Waals surface area contributed by atoms with E-state index < -0.39 is 0 Å². The first-order valence-electron chi connectivity index (χ1n) is 9.15. The fourth-order valence-corrected chi connectivity index (χ4v) is 3.94. The Kier molecular flexibility index (Phi) is 5.44. The van der Waals surface area contributed by atoms with Crippen LogP contribution in [0.5, 0.6) is 5.75 Å². The van der Waals surface area contributed by atoms with Gasteiger partial charge in [-0.25, -0.2) is 0 Å². The van der Waals surface area contributed by atoms with Crippen molar-refractivity contribution in [1.82, 2.24) is 9.80 Å². The van der Waals surface area contributed by atoms with Crippen molar-refractivity contribution in [3.8, 4) is 5.75 Å². The molecule has 0 bridgehead atoms. The van der Waals surface area contributed by atoms with E-state index in [1.807, 2.05) is 12.1 Å². The molecule has 0 N–H and O–H groups in total. The van der Waals surface area contributed by atoms with Crippen LogP contribution in [0.1, 0.15) is 31.2 Å². The molecular weight excluding hydrogens is 300 g/mol. The van der Waals surface area contributed by atoms with Crippen LogP contribution in [0.25, 0.3) is 0 Å². The monoisotopic (exact) mass is 330 g/mol. The standard InChI is InChI=1S/C20H30N2O2/c1-21(2)19-14-22(13-18(19)16-9-10-16)20(23)6-4-5-15-7-11-17(24-3)12-8-15/h7-8,11-12,16,18-19H,4-6,9-10,13-14H2,1-3H3/t18-,19+/m0/s1. The van der Waals surface area contributed by atoms with Gasteiger partial charge in [-0.05, 0) is 69.3 Å². The van der Waals surface area contributed by atoms with Gasteiger partial charge >= 0.3 is 0 Å². The molecule has 1 amide bonds. The SMILES string of the molecule is COc1ccc(CCCC(=O)N2C[C@@H](N(C)C)[C@H](C3CC3)C2)cc1. The Balaban J connectivity index is 1.46. The second-order valence-corrected chi connectivity index (χ2v) is 7.53. The summed E-state index contributed by atoms with van der Waals surface area (Å²) >= 11 is 0. The number of ether oxygens (including phenoxy) is 1. The number of carbonyl (C=O) groups excluding carboxylic acids is 1. The summed E-state index contributed by atoms with van der Waals surface area (Å²) in [7, 11) is 5.98. The number of aryl methyl sites for hydroxylation is 1. The highest BCUT2D eigenvalue weighted by Gasteiger charge is 2.44. The number of hydrogen-bond acceptors (Lipinski definition) is 3. The molecule has 0 spiro atoms. The number of hydrogen-bond donors (Lipinski definition) is 0. The molecule has 1 heterocycles. The van der Waals surface area contributed by atoms with Gasteiger partial charge in [-0.3, -0.25) is 4.79 Å². The third-order valence-electron chi connectivity index (χ3n) is 5.59. The lowest BCUT2D eigenvalue weighted by Gasteiger charge is -2.24. The molecule has 132 valence electrons. The molecule has 0 unspecified atom stereocenters. The summed E-state index contributed by atoms with van der Waals surface area (Å²) in [4.78, 5) is 17.0. The van der Waals surface area contributed by atoms with Gasteiger partial charge in [-0.2, -0.15) is 0 Å². The van der Waals surface area contributed by atoms with Gasteiger partial charge in [0.05, 0.1) is 7.11 Å². The Morgan fingerprint density at radius 2 is 1.92 bits per heavy atom. The fourth-order valence-electron chi connectivity index (χ4n) is 3.94. The van der Waals surface area contributed by atoms with E-state index in [0.29, 0.717) is 24.3 Å². The third kappa shape index (κ3) is 4.10. The molecule has 2 fully saturated rings. The lowest BCUT2D eigenvalue weighted by atomic mass is 9.97. The van der Waals surface area contributed by atoms with E-state index in [4.69, 9.17) is 4.74 Å². The Labute approximate surface area is 145 Å². The average molecular weight is 330 g/mol. The molecule has 1 saturated heterocycles. The molecule has 0 radical (unpaired) electrons. The minimum atomic E-state index is 0.332. The minimum Gasteiger partial charge on any atom is -0.497 e. The predicted octanol–water partition coefficient (Wildman–Crippen LogP) is 2.82. The molecule has 4 heteroatoms. The van der Waals surface area contributed by atoms with Gasteiger partial charge in [0.15, 0.2) is 0 Å². The summed E-state index contributed by atoms with van der Waals surface area (Å²) < 4.78 is 5.18. The van der Waals surface area contributed by atoms with Crippen molar-refractivity contribution in [2.24, 2.45) is 11.8 Å². The van der Waals surface area contributed by atoms with E-state index in [2.05, 4.69) is 36.0 Å². The number of likely N-dealkylation sites (tertiary alicyclic amines) is 1. The molecule has 0 aromatic heterocycles. The minimum absolute atomic E-state index is 0.332. The molecule has 1 aromatic rings. The first-order valence-corrected chi connectivity index (χ1v) is 9.15. The van der Waals surface area contributed by atoms with Crippen LogP contribution >= 0.6 is 0 Å². The van der Waals surface area contributed by atoms with Crippen LogP contribution < -0.4 is 4.74 Å². The van der Waals surface area contributed by atoms with E-state index in [1.54, 1.807) is 7.11 Å². The van der Waals surface area contributed by atoms with Crippen LogP contribution in [0.15, 0.2) is 24.3 Å². The summed E-state index contributed by atoms with van der Waals surface area (Å²) in [5.74, 6) is 2.76. The summed E-state index contributed by atoms with van der Waals surface area (Å²) in [6.45, 7) is 1.88. The van der Waals surface area contributed by atoms with Crippen LogP contribution in [0, 0.1) is 11.8 Å². The summed E-state index contributed by atoms with van der Waals surface area (Å²) in [6, 6.07) is 8.69. The molecule has 3 rings (SSSR count).